The number of hydrogen-bond acceptors (Lipinski definition) is 3. The molecule has 0 unspecified atom stereocenters. The molecule has 2 aromatic rings. The summed E-state index contributed by atoms with van der Waals surface area (Å²) in [5.74, 6) is 0.0517. The van der Waals surface area contributed by atoms with E-state index in [0.29, 0.717) is 23.7 Å². The fourth-order valence-electron chi connectivity index (χ4n) is 2.15. The molecule has 0 saturated heterocycles. The van der Waals surface area contributed by atoms with Gasteiger partial charge in [0.15, 0.2) is 6.61 Å². The Kier molecular flexibility index (Phi) is 6.63. The van der Waals surface area contributed by atoms with Gasteiger partial charge in [0.25, 0.3) is 5.91 Å². The lowest BCUT2D eigenvalue weighted by Crippen LogP contribution is -2.41. The van der Waals surface area contributed by atoms with Gasteiger partial charge in [-0.3, -0.25) is 10.1 Å². The van der Waals surface area contributed by atoms with E-state index in [9.17, 15) is 9.59 Å². The van der Waals surface area contributed by atoms with E-state index in [0.717, 1.165) is 11.1 Å². The molecule has 5 nitrogen and oxygen atoms in total. The van der Waals surface area contributed by atoms with E-state index in [-0.39, 0.29) is 6.61 Å². The standard InChI is InChI=1S/C18H19ClN2O3/c1-2-20-18(23)21-17(22)12-24-16-9-8-15(19)11-14(16)10-13-6-4-3-5-7-13/h3-9,11H,2,10,12H2,1H3,(H2,20,21,22,23). The first kappa shape index (κ1) is 17.8. The highest BCUT2D eigenvalue weighted by Crippen LogP contribution is 2.25. The monoisotopic (exact) mass is 346 g/mol. The molecule has 0 fully saturated rings. The SMILES string of the molecule is CCNC(=O)NC(=O)COc1ccc(Cl)cc1Cc1ccccc1. The van der Waals surface area contributed by atoms with Gasteiger partial charge in [0, 0.05) is 18.0 Å². The van der Waals surface area contributed by atoms with Crippen LogP contribution in [-0.4, -0.2) is 25.1 Å². The third-order valence-corrected chi connectivity index (χ3v) is 3.44. The number of carbonyl (C=O) groups is 2. The largest absolute Gasteiger partial charge is 0.483 e. The molecule has 0 bridgehead atoms. The van der Waals surface area contributed by atoms with Gasteiger partial charge in [0.05, 0.1) is 0 Å². The molecule has 0 heterocycles. The second kappa shape index (κ2) is 8.93. The molecule has 3 amide bonds. The van der Waals surface area contributed by atoms with E-state index in [4.69, 9.17) is 16.3 Å². The first-order valence-corrected chi connectivity index (χ1v) is 7.99. The summed E-state index contributed by atoms with van der Waals surface area (Å²) in [5.41, 5.74) is 1.98. The van der Waals surface area contributed by atoms with E-state index in [1.807, 2.05) is 36.4 Å². The van der Waals surface area contributed by atoms with Gasteiger partial charge >= 0.3 is 6.03 Å². The van der Waals surface area contributed by atoms with Crippen molar-refractivity contribution < 1.29 is 14.3 Å². The van der Waals surface area contributed by atoms with E-state index in [1.165, 1.54) is 0 Å². The summed E-state index contributed by atoms with van der Waals surface area (Å²) >= 11 is 6.06. The molecule has 2 N–H and O–H groups in total. The van der Waals surface area contributed by atoms with Crippen molar-refractivity contribution in [3.63, 3.8) is 0 Å². The Morgan fingerprint density at radius 2 is 1.88 bits per heavy atom. The Hall–Kier alpha value is -2.53. The van der Waals surface area contributed by atoms with E-state index in [1.54, 1.807) is 19.1 Å². The average Bonchev–Trinajstić information content (AvgIpc) is 2.55. The van der Waals surface area contributed by atoms with Crippen LogP contribution in [0.5, 0.6) is 5.75 Å². The highest BCUT2D eigenvalue weighted by Gasteiger charge is 2.10. The smallest absolute Gasteiger partial charge is 0.321 e. The number of hydrogen-bond donors (Lipinski definition) is 2. The molecular formula is C18H19ClN2O3. The zero-order valence-electron chi connectivity index (χ0n) is 13.3. The van der Waals surface area contributed by atoms with Crippen molar-refractivity contribution in [2.45, 2.75) is 13.3 Å². The minimum atomic E-state index is -0.535. The molecule has 0 aliphatic heterocycles. The number of amides is 3. The van der Waals surface area contributed by atoms with Crippen LogP contribution in [0.2, 0.25) is 5.02 Å². The van der Waals surface area contributed by atoms with Gasteiger partial charge in [0.2, 0.25) is 0 Å². The number of urea groups is 1. The highest BCUT2D eigenvalue weighted by molar-refractivity contribution is 6.30. The molecule has 0 saturated carbocycles. The Bertz CT molecular complexity index is 705. The maximum atomic E-state index is 11.7. The number of benzene rings is 2. The number of halogens is 1. The maximum absolute atomic E-state index is 11.7. The Morgan fingerprint density at radius 3 is 2.58 bits per heavy atom. The molecule has 2 aromatic carbocycles. The fraction of sp³-hybridized carbons (Fsp3) is 0.222. The van der Waals surface area contributed by atoms with Gasteiger partial charge in [-0.25, -0.2) is 4.79 Å². The minimum absolute atomic E-state index is 0.249. The van der Waals surface area contributed by atoms with Gasteiger partial charge in [-0.1, -0.05) is 41.9 Å². The van der Waals surface area contributed by atoms with Crippen LogP contribution in [0.15, 0.2) is 48.5 Å². The number of rotatable bonds is 6. The molecule has 24 heavy (non-hydrogen) atoms. The van der Waals surface area contributed by atoms with Crippen molar-refractivity contribution in [1.29, 1.82) is 0 Å². The topological polar surface area (TPSA) is 67.4 Å². The second-order valence-corrected chi connectivity index (χ2v) is 5.55. The van der Waals surface area contributed by atoms with Crippen molar-refractivity contribution in [2.75, 3.05) is 13.2 Å². The molecule has 0 aliphatic carbocycles. The lowest BCUT2D eigenvalue weighted by molar-refractivity contribution is -0.122. The van der Waals surface area contributed by atoms with E-state index < -0.39 is 11.9 Å². The molecular weight excluding hydrogens is 328 g/mol. The van der Waals surface area contributed by atoms with Crippen LogP contribution in [0.3, 0.4) is 0 Å². The van der Waals surface area contributed by atoms with Gasteiger partial charge in [0.1, 0.15) is 5.75 Å². The zero-order valence-corrected chi connectivity index (χ0v) is 14.1. The first-order chi connectivity index (χ1) is 11.6. The third kappa shape index (κ3) is 5.59. The van der Waals surface area contributed by atoms with Crippen LogP contribution in [0.1, 0.15) is 18.1 Å². The lowest BCUT2D eigenvalue weighted by Gasteiger charge is -2.12. The third-order valence-electron chi connectivity index (χ3n) is 3.21. The van der Waals surface area contributed by atoms with Crippen molar-refractivity contribution >= 4 is 23.5 Å². The normalized spacial score (nSPS) is 10.1. The van der Waals surface area contributed by atoms with Crippen LogP contribution in [0, 0.1) is 0 Å². The van der Waals surface area contributed by atoms with Gasteiger partial charge in [-0.05, 0) is 36.2 Å². The Labute approximate surface area is 146 Å². The highest BCUT2D eigenvalue weighted by atomic mass is 35.5. The minimum Gasteiger partial charge on any atom is -0.483 e. The van der Waals surface area contributed by atoms with Crippen molar-refractivity contribution in [3.8, 4) is 5.75 Å². The quantitative estimate of drug-likeness (QED) is 0.844. The van der Waals surface area contributed by atoms with Gasteiger partial charge in [-0.2, -0.15) is 0 Å². The molecule has 2 rings (SSSR count). The van der Waals surface area contributed by atoms with Gasteiger partial charge in [-0.15, -0.1) is 0 Å². The lowest BCUT2D eigenvalue weighted by atomic mass is 10.0. The summed E-state index contributed by atoms with van der Waals surface area (Å²) in [4.78, 5) is 23.0. The van der Waals surface area contributed by atoms with E-state index >= 15 is 0 Å². The van der Waals surface area contributed by atoms with Crippen LogP contribution >= 0.6 is 11.6 Å². The summed E-state index contributed by atoms with van der Waals surface area (Å²) in [5, 5.41) is 5.27. The Balaban J connectivity index is 2.02. The van der Waals surface area contributed by atoms with Crippen molar-refractivity contribution in [3.05, 3.63) is 64.7 Å². The summed E-state index contributed by atoms with van der Waals surface area (Å²) < 4.78 is 5.55. The molecule has 0 spiro atoms. The second-order valence-electron chi connectivity index (χ2n) is 5.11. The first-order valence-electron chi connectivity index (χ1n) is 7.61. The zero-order chi connectivity index (χ0) is 17.4. The summed E-state index contributed by atoms with van der Waals surface area (Å²) in [6.45, 7) is 1.96. The van der Waals surface area contributed by atoms with Gasteiger partial charge < -0.3 is 10.1 Å². The van der Waals surface area contributed by atoms with Crippen LogP contribution in [-0.2, 0) is 11.2 Å². The predicted molar refractivity (Wildman–Crippen MR) is 93.4 cm³/mol. The number of nitrogens with one attached hydrogen (secondary N) is 2. The Morgan fingerprint density at radius 1 is 1.12 bits per heavy atom. The molecule has 0 aliphatic rings. The predicted octanol–water partition coefficient (Wildman–Crippen LogP) is 3.16. The fourth-order valence-corrected chi connectivity index (χ4v) is 2.35. The summed E-state index contributed by atoms with van der Waals surface area (Å²) in [6, 6.07) is 14.6. The van der Waals surface area contributed by atoms with Crippen molar-refractivity contribution in [2.24, 2.45) is 0 Å². The molecule has 0 aromatic heterocycles. The molecule has 0 radical (unpaired) electrons. The maximum Gasteiger partial charge on any atom is 0.321 e. The van der Waals surface area contributed by atoms with E-state index in [2.05, 4.69) is 10.6 Å². The number of imide groups is 1. The number of ether oxygens (including phenoxy) is 1. The number of carbonyl (C=O) groups excluding carboxylic acids is 2. The molecule has 0 atom stereocenters. The summed E-state index contributed by atoms with van der Waals surface area (Å²) in [7, 11) is 0. The van der Waals surface area contributed by atoms with Crippen LogP contribution < -0.4 is 15.4 Å². The molecule has 6 heteroatoms. The summed E-state index contributed by atoms with van der Waals surface area (Å²) in [6.07, 6.45) is 0.634. The molecule has 126 valence electrons. The van der Waals surface area contributed by atoms with Crippen LogP contribution in [0.25, 0.3) is 0 Å². The van der Waals surface area contributed by atoms with Crippen molar-refractivity contribution in [1.82, 2.24) is 10.6 Å². The average molecular weight is 347 g/mol. The van der Waals surface area contributed by atoms with Crippen LogP contribution in [0.4, 0.5) is 4.79 Å².